The lowest BCUT2D eigenvalue weighted by atomic mass is 10.2. The van der Waals surface area contributed by atoms with E-state index in [-0.39, 0.29) is 5.95 Å². The lowest BCUT2D eigenvalue weighted by molar-refractivity contribution is 0.454. The standard InChI is InChI=1S/C14H19N5O/c1-4-10-11(7-6-9(3)17-10)20-13-8-12(16-5-2)18-14(15)19-13/h6-8H,4-5H2,1-3H3,(H3,15,16,18,19). The number of aromatic nitrogens is 3. The minimum absolute atomic E-state index is 0.177. The molecule has 0 aromatic carbocycles. The molecule has 6 nitrogen and oxygen atoms in total. The Labute approximate surface area is 118 Å². The second-order valence-electron chi connectivity index (χ2n) is 4.33. The molecule has 2 aromatic rings. The van der Waals surface area contributed by atoms with Gasteiger partial charge < -0.3 is 15.8 Å². The third kappa shape index (κ3) is 3.34. The Bertz CT molecular complexity index is 600. The normalized spacial score (nSPS) is 10.3. The SMILES string of the molecule is CCNc1cc(Oc2ccc(C)nc2CC)nc(N)n1. The van der Waals surface area contributed by atoms with E-state index in [1.54, 1.807) is 6.07 Å². The van der Waals surface area contributed by atoms with Crippen LogP contribution in [-0.2, 0) is 6.42 Å². The number of nitrogens with two attached hydrogens (primary N) is 1. The van der Waals surface area contributed by atoms with Crippen molar-refractivity contribution >= 4 is 11.8 Å². The fraction of sp³-hybridized carbons (Fsp3) is 0.357. The fourth-order valence-corrected chi connectivity index (χ4v) is 1.82. The van der Waals surface area contributed by atoms with Crippen LogP contribution in [-0.4, -0.2) is 21.5 Å². The van der Waals surface area contributed by atoms with E-state index in [1.807, 2.05) is 32.9 Å². The fourth-order valence-electron chi connectivity index (χ4n) is 1.82. The quantitative estimate of drug-likeness (QED) is 0.870. The highest BCUT2D eigenvalue weighted by Crippen LogP contribution is 2.25. The maximum atomic E-state index is 5.79. The van der Waals surface area contributed by atoms with Gasteiger partial charge in [0.25, 0.3) is 0 Å². The molecule has 0 aliphatic carbocycles. The van der Waals surface area contributed by atoms with Crippen LogP contribution >= 0.6 is 0 Å². The average molecular weight is 273 g/mol. The molecule has 2 aromatic heterocycles. The van der Waals surface area contributed by atoms with Crippen molar-refractivity contribution in [3.05, 3.63) is 29.6 Å². The molecule has 0 saturated heterocycles. The van der Waals surface area contributed by atoms with Crippen molar-refractivity contribution in [2.75, 3.05) is 17.6 Å². The van der Waals surface area contributed by atoms with Gasteiger partial charge in [-0.25, -0.2) is 0 Å². The van der Waals surface area contributed by atoms with Gasteiger partial charge in [0.05, 0.1) is 5.69 Å². The van der Waals surface area contributed by atoms with Gasteiger partial charge in [-0.2, -0.15) is 9.97 Å². The van der Waals surface area contributed by atoms with E-state index in [0.29, 0.717) is 17.4 Å². The summed E-state index contributed by atoms with van der Waals surface area (Å²) in [7, 11) is 0. The van der Waals surface area contributed by atoms with Crippen LogP contribution in [0, 0.1) is 6.92 Å². The Morgan fingerprint density at radius 2 is 2.00 bits per heavy atom. The molecule has 0 amide bonds. The van der Waals surface area contributed by atoms with Crippen molar-refractivity contribution in [1.82, 2.24) is 15.0 Å². The van der Waals surface area contributed by atoms with Crippen molar-refractivity contribution in [2.45, 2.75) is 27.2 Å². The van der Waals surface area contributed by atoms with Crippen LogP contribution in [0.2, 0.25) is 0 Å². The van der Waals surface area contributed by atoms with Gasteiger partial charge in [-0.15, -0.1) is 0 Å². The van der Waals surface area contributed by atoms with Crippen molar-refractivity contribution in [3.63, 3.8) is 0 Å². The van der Waals surface area contributed by atoms with Crippen molar-refractivity contribution < 1.29 is 4.74 Å². The molecule has 6 heteroatoms. The van der Waals surface area contributed by atoms with E-state index in [9.17, 15) is 0 Å². The molecule has 0 radical (unpaired) electrons. The van der Waals surface area contributed by atoms with E-state index in [1.165, 1.54) is 0 Å². The third-order valence-electron chi connectivity index (χ3n) is 2.70. The number of rotatable bonds is 5. The number of hydrogen-bond acceptors (Lipinski definition) is 6. The number of anilines is 2. The summed E-state index contributed by atoms with van der Waals surface area (Å²) < 4.78 is 5.79. The van der Waals surface area contributed by atoms with Gasteiger partial charge in [0.1, 0.15) is 5.82 Å². The number of nitrogens with zero attached hydrogens (tertiary/aromatic N) is 3. The molecule has 2 heterocycles. The highest BCUT2D eigenvalue weighted by atomic mass is 16.5. The molecule has 0 unspecified atom stereocenters. The highest BCUT2D eigenvalue weighted by Gasteiger charge is 2.08. The van der Waals surface area contributed by atoms with Crippen LogP contribution in [0.15, 0.2) is 18.2 Å². The molecule has 0 saturated carbocycles. The summed E-state index contributed by atoms with van der Waals surface area (Å²) in [5, 5.41) is 3.09. The number of nitrogens with one attached hydrogen (secondary N) is 1. The molecule has 0 aliphatic heterocycles. The van der Waals surface area contributed by atoms with E-state index >= 15 is 0 Å². The molecule has 2 rings (SSSR count). The third-order valence-corrected chi connectivity index (χ3v) is 2.70. The minimum Gasteiger partial charge on any atom is -0.437 e. The van der Waals surface area contributed by atoms with E-state index in [4.69, 9.17) is 10.5 Å². The summed E-state index contributed by atoms with van der Waals surface area (Å²) in [4.78, 5) is 12.6. The number of nitrogen functional groups attached to an aromatic ring is 1. The zero-order chi connectivity index (χ0) is 14.5. The van der Waals surface area contributed by atoms with Crippen LogP contribution in [0.5, 0.6) is 11.6 Å². The van der Waals surface area contributed by atoms with E-state index < -0.39 is 0 Å². The van der Waals surface area contributed by atoms with Gasteiger partial charge in [0.2, 0.25) is 11.8 Å². The van der Waals surface area contributed by atoms with Crippen molar-refractivity contribution in [1.29, 1.82) is 0 Å². The number of ether oxygens (including phenoxy) is 1. The Balaban J connectivity index is 2.29. The summed E-state index contributed by atoms with van der Waals surface area (Å²) in [6.07, 6.45) is 0.789. The first-order chi connectivity index (χ1) is 9.62. The molecule has 0 spiro atoms. The zero-order valence-corrected chi connectivity index (χ0v) is 12.0. The molecular weight excluding hydrogens is 254 g/mol. The lowest BCUT2D eigenvalue weighted by Crippen LogP contribution is -2.05. The second kappa shape index (κ2) is 6.18. The van der Waals surface area contributed by atoms with Gasteiger partial charge in [-0.05, 0) is 32.4 Å². The molecule has 0 aliphatic rings. The first-order valence-electron chi connectivity index (χ1n) is 6.65. The Morgan fingerprint density at radius 1 is 1.20 bits per heavy atom. The van der Waals surface area contributed by atoms with E-state index in [2.05, 4.69) is 20.3 Å². The molecule has 20 heavy (non-hydrogen) atoms. The first-order valence-corrected chi connectivity index (χ1v) is 6.65. The first kappa shape index (κ1) is 14.0. The summed E-state index contributed by atoms with van der Waals surface area (Å²) in [6, 6.07) is 5.52. The largest absolute Gasteiger partial charge is 0.437 e. The second-order valence-corrected chi connectivity index (χ2v) is 4.33. The Morgan fingerprint density at radius 3 is 2.70 bits per heavy atom. The molecule has 3 N–H and O–H groups in total. The molecule has 106 valence electrons. The van der Waals surface area contributed by atoms with Gasteiger partial charge in [0.15, 0.2) is 5.75 Å². The zero-order valence-electron chi connectivity index (χ0n) is 12.0. The van der Waals surface area contributed by atoms with Crippen LogP contribution < -0.4 is 15.8 Å². The van der Waals surface area contributed by atoms with Crippen molar-refractivity contribution in [3.8, 4) is 11.6 Å². The highest BCUT2D eigenvalue weighted by molar-refractivity contribution is 5.44. The minimum atomic E-state index is 0.177. The van der Waals surface area contributed by atoms with Crippen LogP contribution in [0.1, 0.15) is 25.2 Å². The summed E-state index contributed by atoms with van der Waals surface area (Å²) in [5.41, 5.74) is 7.54. The number of aryl methyl sites for hydroxylation is 2. The Kier molecular flexibility index (Phi) is 4.34. The summed E-state index contributed by atoms with van der Waals surface area (Å²) >= 11 is 0. The van der Waals surface area contributed by atoms with Crippen LogP contribution in [0.25, 0.3) is 0 Å². The smallest absolute Gasteiger partial charge is 0.226 e. The monoisotopic (exact) mass is 273 g/mol. The maximum Gasteiger partial charge on any atom is 0.226 e. The van der Waals surface area contributed by atoms with E-state index in [0.717, 1.165) is 24.4 Å². The molecule has 0 bridgehead atoms. The van der Waals surface area contributed by atoms with Gasteiger partial charge in [-0.3, -0.25) is 4.98 Å². The number of pyridine rings is 1. The maximum absolute atomic E-state index is 5.79. The summed E-state index contributed by atoms with van der Waals surface area (Å²) in [6.45, 7) is 6.72. The molecular formula is C14H19N5O. The average Bonchev–Trinajstić information content (AvgIpc) is 2.40. The Hall–Kier alpha value is -2.37. The van der Waals surface area contributed by atoms with Crippen LogP contribution in [0.3, 0.4) is 0 Å². The van der Waals surface area contributed by atoms with Gasteiger partial charge in [-0.1, -0.05) is 6.92 Å². The predicted molar refractivity (Wildman–Crippen MR) is 79.0 cm³/mol. The summed E-state index contributed by atoms with van der Waals surface area (Å²) in [5.74, 6) is 1.93. The lowest BCUT2D eigenvalue weighted by Gasteiger charge is -2.11. The van der Waals surface area contributed by atoms with Crippen LogP contribution in [0.4, 0.5) is 11.8 Å². The predicted octanol–water partition coefficient (Wildman–Crippen LogP) is 2.55. The molecule has 0 fully saturated rings. The molecule has 0 atom stereocenters. The van der Waals surface area contributed by atoms with Gasteiger partial charge >= 0.3 is 0 Å². The van der Waals surface area contributed by atoms with Crippen molar-refractivity contribution in [2.24, 2.45) is 0 Å². The number of hydrogen-bond donors (Lipinski definition) is 2. The van der Waals surface area contributed by atoms with Gasteiger partial charge in [0, 0.05) is 18.3 Å². The topological polar surface area (TPSA) is 86.0 Å².